The van der Waals surface area contributed by atoms with Crippen LogP contribution in [0.1, 0.15) is 23.2 Å². The Morgan fingerprint density at radius 2 is 1.74 bits per heavy atom. The summed E-state index contributed by atoms with van der Waals surface area (Å²) < 4.78 is 32.5. The molecule has 2 aromatic rings. The minimum absolute atomic E-state index is 0.0381. The minimum atomic E-state index is -0.673. The van der Waals surface area contributed by atoms with Crippen LogP contribution in [0.25, 0.3) is 0 Å². The van der Waals surface area contributed by atoms with Crippen molar-refractivity contribution >= 4 is 5.78 Å². The summed E-state index contributed by atoms with van der Waals surface area (Å²) in [6.07, 6.45) is 1.55. The third-order valence-corrected chi connectivity index (χ3v) is 5.53. The first-order valence-electron chi connectivity index (χ1n) is 9.14. The highest BCUT2D eigenvalue weighted by atomic mass is 19.1. The van der Waals surface area contributed by atoms with Crippen LogP contribution in [0.2, 0.25) is 0 Å². The number of phenols is 1. The lowest BCUT2D eigenvalue weighted by atomic mass is 10.0. The molecule has 2 aromatic carbocycles. The number of carbonyl (C=O) groups excluding carboxylic acids is 1. The molecule has 1 heterocycles. The van der Waals surface area contributed by atoms with Crippen LogP contribution in [0.3, 0.4) is 0 Å². The zero-order chi connectivity index (χ0) is 19.0. The van der Waals surface area contributed by atoms with Gasteiger partial charge in [-0.15, -0.1) is 0 Å². The topological polar surface area (TPSA) is 49.8 Å². The van der Waals surface area contributed by atoms with E-state index in [1.807, 2.05) is 0 Å². The summed E-state index contributed by atoms with van der Waals surface area (Å²) in [6.45, 7) is 2.00. The van der Waals surface area contributed by atoms with E-state index in [2.05, 4.69) is 4.90 Å². The van der Waals surface area contributed by atoms with Gasteiger partial charge in [-0.1, -0.05) is 0 Å². The van der Waals surface area contributed by atoms with E-state index in [0.717, 1.165) is 32.0 Å². The van der Waals surface area contributed by atoms with E-state index >= 15 is 0 Å². The van der Waals surface area contributed by atoms with Crippen LogP contribution in [0.15, 0.2) is 42.5 Å². The average molecular weight is 373 g/mol. The summed E-state index contributed by atoms with van der Waals surface area (Å²) in [4.78, 5) is 14.5. The van der Waals surface area contributed by atoms with Gasteiger partial charge < -0.3 is 9.84 Å². The van der Waals surface area contributed by atoms with E-state index in [4.69, 9.17) is 4.74 Å². The molecule has 2 aliphatic rings. The number of fused-ring (bicyclic) bond motifs is 1. The second-order valence-electron chi connectivity index (χ2n) is 7.47. The second kappa shape index (κ2) is 7.27. The number of likely N-dealkylation sites (tertiary alicyclic amines) is 1. The van der Waals surface area contributed by atoms with Crippen molar-refractivity contribution in [1.82, 2.24) is 4.90 Å². The summed E-state index contributed by atoms with van der Waals surface area (Å²) in [7, 11) is 0. The number of hydrogen-bond donors (Lipinski definition) is 1. The molecule has 1 aliphatic carbocycles. The van der Waals surface area contributed by atoms with Gasteiger partial charge in [0, 0.05) is 24.7 Å². The molecular formula is C21H21F2NO3. The average Bonchev–Trinajstić information content (AvgIpc) is 3.15. The molecular weight excluding hydrogens is 352 g/mol. The molecule has 4 nitrogen and oxygen atoms in total. The highest BCUT2D eigenvalue weighted by Gasteiger charge is 2.42. The van der Waals surface area contributed by atoms with Crippen LogP contribution in [-0.2, 0) is 0 Å². The van der Waals surface area contributed by atoms with Crippen molar-refractivity contribution < 1.29 is 23.4 Å². The predicted octanol–water partition coefficient (Wildman–Crippen LogP) is 3.64. The third kappa shape index (κ3) is 3.95. The number of rotatable bonds is 5. The number of phenolic OH excluding ortho intramolecular Hbond substituents is 1. The molecule has 142 valence electrons. The number of halogens is 2. The fourth-order valence-electron chi connectivity index (χ4n) is 4.26. The Labute approximate surface area is 156 Å². The van der Waals surface area contributed by atoms with Gasteiger partial charge in [0.15, 0.2) is 17.3 Å². The van der Waals surface area contributed by atoms with Crippen molar-refractivity contribution in [1.29, 1.82) is 0 Å². The summed E-state index contributed by atoms with van der Waals surface area (Å²) >= 11 is 0. The van der Waals surface area contributed by atoms with Gasteiger partial charge in [0.05, 0.1) is 12.6 Å². The van der Waals surface area contributed by atoms with Crippen molar-refractivity contribution in [3.8, 4) is 11.5 Å². The van der Waals surface area contributed by atoms with Crippen LogP contribution in [0, 0.1) is 23.5 Å². The molecule has 4 rings (SSSR count). The first kappa shape index (κ1) is 17.9. The maximum atomic E-state index is 13.8. The number of ketones is 1. The highest BCUT2D eigenvalue weighted by molar-refractivity contribution is 5.97. The van der Waals surface area contributed by atoms with Crippen LogP contribution >= 0.6 is 0 Å². The monoisotopic (exact) mass is 373 g/mol. The van der Waals surface area contributed by atoms with Crippen molar-refractivity contribution in [3.05, 3.63) is 59.7 Å². The smallest absolute Gasteiger partial charge is 0.176 e. The lowest BCUT2D eigenvalue weighted by Crippen LogP contribution is -2.30. The molecule has 0 bridgehead atoms. The first-order valence-corrected chi connectivity index (χ1v) is 9.14. The number of carbonyl (C=O) groups is 1. The lowest BCUT2D eigenvalue weighted by molar-refractivity contribution is 0.0936. The highest BCUT2D eigenvalue weighted by Crippen LogP contribution is 2.40. The van der Waals surface area contributed by atoms with Gasteiger partial charge in [-0.2, -0.15) is 0 Å². The van der Waals surface area contributed by atoms with Crippen LogP contribution < -0.4 is 4.74 Å². The first-order chi connectivity index (χ1) is 13.0. The predicted molar refractivity (Wildman–Crippen MR) is 95.9 cm³/mol. The van der Waals surface area contributed by atoms with Gasteiger partial charge in [-0.05, 0) is 61.1 Å². The molecule has 0 radical (unpaired) electrons. The van der Waals surface area contributed by atoms with E-state index in [9.17, 15) is 18.7 Å². The molecule has 3 atom stereocenters. The van der Waals surface area contributed by atoms with Crippen LogP contribution in [0.5, 0.6) is 11.5 Å². The van der Waals surface area contributed by atoms with E-state index in [0.29, 0.717) is 23.9 Å². The van der Waals surface area contributed by atoms with Crippen molar-refractivity contribution in [2.75, 3.05) is 19.6 Å². The zero-order valence-electron chi connectivity index (χ0n) is 14.8. The number of benzene rings is 2. The molecule has 0 spiro atoms. The second-order valence-corrected chi connectivity index (χ2v) is 7.47. The Kier molecular flexibility index (Phi) is 4.83. The Bertz CT molecular complexity index is 826. The van der Waals surface area contributed by atoms with Gasteiger partial charge >= 0.3 is 0 Å². The Morgan fingerprint density at radius 3 is 2.37 bits per heavy atom. The zero-order valence-corrected chi connectivity index (χ0v) is 14.8. The Balaban J connectivity index is 1.30. The summed E-state index contributed by atoms with van der Waals surface area (Å²) in [5, 5.41) is 9.32. The molecule has 2 fully saturated rings. The SMILES string of the molecule is O=C(CN1C[C@H]2C[C@H](Oc3ccc(F)cc3F)C[C@H]2C1)c1ccc(O)cc1. The molecule has 6 heteroatoms. The normalized spacial score (nSPS) is 24.7. The van der Waals surface area contributed by atoms with Gasteiger partial charge in [-0.3, -0.25) is 9.69 Å². The van der Waals surface area contributed by atoms with Crippen molar-refractivity contribution in [2.45, 2.75) is 18.9 Å². The third-order valence-electron chi connectivity index (χ3n) is 5.53. The minimum Gasteiger partial charge on any atom is -0.508 e. The molecule has 27 heavy (non-hydrogen) atoms. The fourth-order valence-corrected chi connectivity index (χ4v) is 4.26. The van der Waals surface area contributed by atoms with E-state index in [-0.39, 0.29) is 23.4 Å². The maximum Gasteiger partial charge on any atom is 0.176 e. The van der Waals surface area contributed by atoms with E-state index in [1.54, 1.807) is 12.1 Å². The number of ether oxygens (including phenoxy) is 1. The number of nitrogens with zero attached hydrogens (tertiary/aromatic N) is 1. The standard InChI is InChI=1S/C21H21F2NO3/c22-16-3-6-21(19(23)9-16)27-18-7-14-10-24(11-15(14)8-18)12-20(26)13-1-4-17(25)5-2-13/h1-6,9,14-15,18,25H,7-8,10-12H2/t14-,15+,18+. The number of aromatic hydroxyl groups is 1. The molecule has 0 unspecified atom stereocenters. The van der Waals surface area contributed by atoms with E-state index < -0.39 is 11.6 Å². The molecule has 0 aromatic heterocycles. The molecule has 1 saturated heterocycles. The molecule has 1 saturated carbocycles. The van der Waals surface area contributed by atoms with Crippen LogP contribution in [-0.4, -0.2) is 41.5 Å². The van der Waals surface area contributed by atoms with Crippen molar-refractivity contribution in [3.63, 3.8) is 0 Å². The fraction of sp³-hybridized carbons (Fsp3) is 0.381. The van der Waals surface area contributed by atoms with Crippen molar-refractivity contribution in [2.24, 2.45) is 11.8 Å². The van der Waals surface area contributed by atoms with Gasteiger partial charge in [-0.25, -0.2) is 8.78 Å². The molecule has 1 aliphatic heterocycles. The van der Waals surface area contributed by atoms with Gasteiger partial charge in [0.2, 0.25) is 0 Å². The summed E-state index contributed by atoms with van der Waals surface area (Å²) in [5.41, 5.74) is 0.595. The van der Waals surface area contributed by atoms with Gasteiger partial charge in [0.1, 0.15) is 11.6 Å². The number of Topliss-reactive ketones (excluding diaryl/α,β-unsaturated/α-hetero) is 1. The quantitative estimate of drug-likeness (QED) is 0.813. The summed E-state index contributed by atoms with van der Waals surface area (Å²) in [5.74, 6) is -0.162. The van der Waals surface area contributed by atoms with Gasteiger partial charge in [0.25, 0.3) is 0 Å². The Morgan fingerprint density at radius 1 is 1.07 bits per heavy atom. The Hall–Kier alpha value is -2.47. The summed E-state index contributed by atoms with van der Waals surface area (Å²) in [6, 6.07) is 9.67. The molecule has 1 N–H and O–H groups in total. The largest absolute Gasteiger partial charge is 0.508 e. The maximum absolute atomic E-state index is 13.8. The van der Waals surface area contributed by atoms with E-state index in [1.165, 1.54) is 24.3 Å². The number of hydrogen-bond acceptors (Lipinski definition) is 4. The lowest BCUT2D eigenvalue weighted by Gasteiger charge is -2.19. The molecule has 0 amide bonds. The van der Waals surface area contributed by atoms with Crippen LogP contribution in [0.4, 0.5) is 8.78 Å².